The van der Waals surface area contributed by atoms with Crippen LogP contribution in [-0.4, -0.2) is 108 Å². The molecule has 55 heavy (non-hydrogen) atoms. The molecule has 1 aliphatic carbocycles. The van der Waals surface area contributed by atoms with Crippen LogP contribution >= 0.6 is 0 Å². The van der Waals surface area contributed by atoms with Gasteiger partial charge in [0.1, 0.15) is 11.7 Å². The highest BCUT2D eigenvalue weighted by atomic mass is 16.5. The topological polar surface area (TPSA) is 183 Å². The van der Waals surface area contributed by atoms with Gasteiger partial charge in [-0.15, -0.1) is 5.10 Å². The van der Waals surface area contributed by atoms with E-state index in [1.165, 1.54) is 0 Å². The Balaban J connectivity index is 0.772. The maximum atomic E-state index is 13.8. The molecule has 3 saturated heterocycles. The second-order valence-corrected chi connectivity index (χ2v) is 16.4. The number of piperidine rings is 3. The molecule has 5 aliphatic rings. The van der Waals surface area contributed by atoms with Gasteiger partial charge in [-0.05, 0) is 87.5 Å². The standard InChI is InChI=1S/C39H47N11O5/c1-22(2)55-37-33(26-17-41-42-18-26)40-19-31-44-38(46-50(31)37)43-29-8-11-48(20-23(29)3)35(53)25-15-39(16-25)9-12-47(13-10-39)27-4-5-28-24(14-27)21-49(36(28)54)30-6-7-32(51)45-34(30)52/h4-5,14,17-19,22-23,25,29-30H,6-13,15-16,20-21H2,1-3H3,(H,41,42)(H,43,46)(H,45,51,52)/t23-,29+,30?/m1/s1. The highest BCUT2D eigenvalue weighted by molar-refractivity contribution is 6.05. The largest absolute Gasteiger partial charge is 0.473 e. The number of aromatic nitrogens is 6. The number of imide groups is 1. The number of ether oxygens (including phenoxy) is 1. The normalized spacial score (nSPS) is 24.0. The van der Waals surface area contributed by atoms with Gasteiger partial charge in [-0.3, -0.25) is 29.6 Å². The number of amides is 4. The van der Waals surface area contributed by atoms with Crippen LogP contribution in [0.1, 0.15) is 81.6 Å². The lowest BCUT2D eigenvalue weighted by molar-refractivity contribution is -0.146. The lowest BCUT2D eigenvalue weighted by atomic mass is 9.57. The minimum atomic E-state index is -0.614. The predicted octanol–water partition coefficient (Wildman–Crippen LogP) is 3.41. The molecule has 1 saturated carbocycles. The number of carbonyl (C=O) groups is 4. The highest BCUT2D eigenvalue weighted by Gasteiger charge is 2.50. The van der Waals surface area contributed by atoms with Crippen molar-refractivity contribution in [2.45, 2.75) is 90.4 Å². The van der Waals surface area contributed by atoms with Crippen molar-refractivity contribution in [2.24, 2.45) is 17.3 Å². The van der Waals surface area contributed by atoms with Crippen LogP contribution < -0.4 is 20.3 Å². The Morgan fingerprint density at radius 3 is 2.62 bits per heavy atom. The molecule has 3 aromatic heterocycles. The molecule has 4 amide bonds. The summed E-state index contributed by atoms with van der Waals surface area (Å²) in [5.41, 5.74) is 4.86. The number of rotatable bonds is 8. The predicted molar refractivity (Wildman–Crippen MR) is 201 cm³/mol. The van der Waals surface area contributed by atoms with Crippen molar-refractivity contribution in [3.8, 4) is 17.1 Å². The summed E-state index contributed by atoms with van der Waals surface area (Å²) in [5.74, 6) is 0.750. The Bertz CT molecular complexity index is 2150. The van der Waals surface area contributed by atoms with Crippen LogP contribution in [0.3, 0.4) is 0 Å². The molecule has 288 valence electrons. The number of H-pyrrole nitrogens is 1. The molecular weight excluding hydrogens is 703 g/mol. The van der Waals surface area contributed by atoms with Crippen molar-refractivity contribution < 1.29 is 23.9 Å². The van der Waals surface area contributed by atoms with Gasteiger partial charge in [0.15, 0.2) is 5.65 Å². The monoisotopic (exact) mass is 749 g/mol. The van der Waals surface area contributed by atoms with Crippen molar-refractivity contribution in [1.82, 2.24) is 44.9 Å². The van der Waals surface area contributed by atoms with Crippen LogP contribution in [-0.2, 0) is 20.9 Å². The SMILES string of the molecule is CC(C)Oc1c(-c2cn[nH]c2)ncc2nc(N[C@H]3CCN(C(=O)C4CC5(CCN(c6ccc7c(c6)CN(C6CCC(=O)NC6=O)C7=O)CC5)C4)C[C@H]3C)nn12. The average molecular weight is 750 g/mol. The first-order valence-corrected chi connectivity index (χ1v) is 19.5. The fourth-order valence-corrected chi connectivity index (χ4v) is 9.35. The summed E-state index contributed by atoms with van der Waals surface area (Å²) in [7, 11) is 0. The second kappa shape index (κ2) is 13.6. The van der Waals surface area contributed by atoms with Gasteiger partial charge in [0.2, 0.25) is 29.5 Å². The molecule has 0 radical (unpaired) electrons. The molecule has 7 heterocycles. The van der Waals surface area contributed by atoms with Crippen molar-refractivity contribution in [1.29, 1.82) is 0 Å². The van der Waals surface area contributed by atoms with Gasteiger partial charge in [-0.1, -0.05) is 6.92 Å². The first-order valence-electron chi connectivity index (χ1n) is 19.5. The highest BCUT2D eigenvalue weighted by Crippen LogP contribution is 2.53. The molecule has 0 bridgehead atoms. The first-order chi connectivity index (χ1) is 26.5. The molecule has 16 heteroatoms. The van der Waals surface area contributed by atoms with Crippen LogP contribution in [0.5, 0.6) is 5.88 Å². The summed E-state index contributed by atoms with van der Waals surface area (Å²) in [5, 5.41) is 17.6. The van der Waals surface area contributed by atoms with Crippen LogP contribution in [0.15, 0.2) is 36.8 Å². The molecule has 9 rings (SSSR count). The van der Waals surface area contributed by atoms with Gasteiger partial charge in [0, 0.05) is 74.1 Å². The van der Waals surface area contributed by atoms with Crippen molar-refractivity contribution in [3.05, 3.63) is 47.9 Å². The number of nitrogens with one attached hydrogen (secondary N) is 3. The Labute approximate surface area is 318 Å². The zero-order chi connectivity index (χ0) is 38.0. The van der Waals surface area contributed by atoms with Crippen molar-refractivity contribution >= 4 is 40.9 Å². The van der Waals surface area contributed by atoms with Crippen molar-refractivity contribution in [2.75, 3.05) is 36.4 Å². The number of hydrogen-bond donors (Lipinski definition) is 3. The van der Waals surface area contributed by atoms with Crippen LogP contribution in [0.2, 0.25) is 0 Å². The van der Waals surface area contributed by atoms with Crippen molar-refractivity contribution in [3.63, 3.8) is 0 Å². The van der Waals surface area contributed by atoms with E-state index in [1.54, 1.807) is 28.0 Å². The third-order valence-electron chi connectivity index (χ3n) is 12.4. The molecule has 3 N–H and O–H groups in total. The van der Waals surface area contributed by atoms with E-state index in [0.717, 1.165) is 62.0 Å². The van der Waals surface area contributed by atoms with E-state index in [-0.39, 0.29) is 53.5 Å². The summed E-state index contributed by atoms with van der Waals surface area (Å²) >= 11 is 0. The molecule has 3 atom stereocenters. The van der Waals surface area contributed by atoms with Gasteiger partial charge < -0.3 is 24.8 Å². The Morgan fingerprint density at radius 2 is 1.89 bits per heavy atom. The van der Waals surface area contributed by atoms with Crippen LogP contribution in [0.4, 0.5) is 11.6 Å². The zero-order valence-electron chi connectivity index (χ0n) is 31.5. The number of hydrogen-bond acceptors (Lipinski definition) is 11. The molecule has 4 aromatic rings. The first kappa shape index (κ1) is 35.2. The molecule has 4 aliphatic heterocycles. The number of nitrogens with zero attached hydrogens (tertiary/aromatic N) is 8. The minimum absolute atomic E-state index is 0.0731. The molecule has 1 spiro atoms. The number of carbonyl (C=O) groups excluding carboxylic acids is 4. The average Bonchev–Trinajstić information content (AvgIpc) is 3.91. The van der Waals surface area contributed by atoms with E-state index in [0.29, 0.717) is 54.8 Å². The summed E-state index contributed by atoms with van der Waals surface area (Å²) in [6, 6.07) is 5.48. The fraction of sp³-hybridized carbons (Fsp3) is 0.538. The van der Waals surface area contributed by atoms with E-state index < -0.39 is 11.9 Å². The van der Waals surface area contributed by atoms with Gasteiger partial charge in [-0.2, -0.15) is 14.6 Å². The molecule has 4 fully saturated rings. The zero-order valence-corrected chi connectivity index (χ0v) is 31.5. The smallest absolute Gasteiger partial charge is 0.255 e. The summed E-state index contributed by atoms with van der Waals surface area (Å²) < 4.78 is 7.83. The minimum Gasteiger partial charge on any atom is -0.473 e. The number of likely N-dealkylation sites (tertiary alicyclic amines) is 1. The Kier molecular flexibility index (Phi) is 8.72. The maximum absolute atomic E-state index is 13.8. The molecular formula is C39H47N11O5. The van der Waals surface area contributed by atoms with E-state index in [2.05, 4.69) is 48.6 Å². The van der Waals surface area contributed by atoms with E-state index in [9.17, 15) is 19.2 Å². The lowest BCUT2D eigenvalue weighted by Gasteiger charge is -2.53. The fourth-order valence-electron chi connectivity index (χ4n) is 9.35. The number of aromatic amines is 1. The maximum Gasteiger partial charge on any atom is 0.255 e. The Hall–Kier alpha value is -5.54. The third kappa shape index (κ3) is 6.44. The van der Waals surface area contributed by atoms with Gasteiger partial charge in [-0.25, -0.2) is 4.98 Å². The van der Waals surface area contributed by atoms with E-state index in [4.69, 9.17) is 14.8 Å². The molecule has 16 nitrogen and oxygen atoms in total. The van der Waals surface area contributed by atoms with Gasteiger partial charge >= 0.3 is 0 Å². The van der Waals surface area contributed by atoms with Crippen LogP contribution in [0.25, 0.3) is 16.9 Å². The van der Waals surface area contributed by atoms with Gasteiger partial charge in [0.25, 0.3) is 5.91 Å². The summed E-state index contributed by atoms with van der Waals surface area (Å²) in [6.45, 7) is 9.67. The second-order valence-electron chi connectivity index (χ2n) is 16.4. The number of anilines is 2. The summed E-state index contributed by atoms with van der Waals surface area (Å²) in [4.78, 5) is 66.4. The van der Waals surface area contributed by atoms with E-state index >= 15 is 0 Å². The molecule has 1 unspecified atom stereocenters. The third-order valence-corrected chi connectivity index (χ3v) is 12.4. The van der Waals surface area contributed by atoms with Gasteiger partial charge in [0.05, 0.1) is 18.5 Å². The molecule has 1 aromatic carbocycles. The van der Waals surface area contributed by atoms with Crippen LogP contribution in [0, 0.1) is 17.3 Å². The Morgan fingerprint density at radius 1 is 1.07 bits per heavy atom. The summed E-state index contributed by atoms with van der Waals surface area (Å²) in [6.07, 6.45) is 10.4. The quantitative estimate of drug-likeness (QED) is 0.225. The number of benzene rings is 1. The lowest BCUT2D eigenvalue weighted by Crippen LogP contribution is -2.55. The van der Waals surface area contributed by atoms with E-state index in [1.807, 2.05) is 26.0 Å². The number of fused-ring (bicyclic) bond motifs is 2.